The molecule has 4 aromatic rings. The van der Waals surface area contributed by atoms with Gasteiger partial charge in [-0.15, -0.1) is 0 Å². The van der Waals surface area contributed by atoms with Crippen molar-refractivity contribution in [3.63, 3.8) is 0 Å². The number of hydrogen-bond donors (Lipinski definition) is 2. The maximum absolute atomic E-state index is 12.6. The smallest absolute Gasteiger partial charge is 0.293 e. The van der Waals surface area contributed by atoms with E-state index in [0.717, 1.165) is 29.5 Å². The number of fused-ring (bicyclic) bond motifs is 1. The summed E-state index contributed by atoms with van der Waals surface area (Å²) in [5.41, 5.74) is 2.78. The van der Waals surface area contributed by atoms with Crippen LogP contribution in [0.5, 0.6) is 0 Å². The van der Waals surface area contributed by atoms with Crippen LogP contribution in [0.1, 0.15) is 35.9 Å². The Morgan fingerprint density at radius 1 is 1.19 bits per heavy atom. The number of thiazole rings is 1. The summed E-state index contributed by atoms with van der Waals surface area (Å²) in [5, 5.41) is 7.11. The van der Waals surface area contributed by atoms with Gasteiger partial charge in [0.2, 0.25) is 0 Å². The summed E-state index contributed by atoms with van der Waals surface area (Å²) >= 11 is 19.1. The number of anilines is 1. The van der Waals surface area contributed by atoms with Crippen molar-refractivity contribution in [3.05, 3.63) is 69.9 Å². The fraction of sp³-hybridized carbons (Fsp3) is 0.174. The summed E-state index contributed by atoms with van der Waals surface area (Å²) in [6.07, 6.45) is 3.36. The zero-order chi connectivity index (χ0) is 22.7. The Bertz CT molecular complexity index is 1300. The molecule has 5 nitrogen and oxygen atoms in total. The van der Waals surface area contributed by atoms with Crippen molar-refractivity contribution in [2.24, 2.45) is 0 Å². The van der Waals surface area contributed by atoms with Gasteiger partial charge in [0.1, 0.15) is 5.76 Å². The maximum Gasteiger partial charge on any atom is 0.293 e. The lowest BCUT2D eigenvalue weighted by molar-refractivity contribution is 0.0951. The number of carbonyl (C=O) groups is 1. The number of thiocarbonyl (C=S) groups is 1. The van der Waals surface area contributed by atoms with E-state index < -0.39 is 5.91 Å². The molecule has 0 aliphatic heterocycles. The van der Waals surface area contributed by atoms with E-state index in [4.69, 9.17) is 39.8 Å². The van der Waals surface area contributed by atoms with E-state index in [2.05, 4.69) is 34.7 Å². The molecule has 0 radical (unpaired) electrons. The zero-order valence-corrected chi connectivity index (χ0v) is 20.2. The number of nitrogens with one attached hydrogen (secondary N) is 2. The predicted molar refractivity (Wildman–Crippen MR) is 136 cm³/mol. The normalized spacial score (nSPS) is 11.0. The summed E-state index contributed by atoms with van der Waals surface area (Å²) < 4.78 is 6.73. The van der Waals surface area contributed by atoms with Gasteiger partial charge in [-0.3, -0.25) is 10.1 Å². The quantitative estimate of drug-likeness (QED) is 0.269. The minimum Gasteiger partial charge on any atom is -0.451 e. The van der Waals surface area contributed by atoms with Gasteiger partial charge in [-0.2, -0.15) is 0 Å². The van der Waals surface area contributed by atoms with Crippen molar-refractivity contribution in [2.75, 3.05) is 5.32 Å². The number of aromatic nitrogens is 1. The van der Waals surface area contributed by atoms with Crippen LogP contribution < -0.4 is 10.6 Å². The summed E-state index contributed by atoms with van der Waals surface area (Å²) in [4.78, 5) is 17.1. The molecule has 0 aliphatic carbocycles. The molecule has 2 aromatic carbocycles. The van der Waals surface area contributed by atoms with E-state index in [1.807, 2.05) is 6.07 Å². The number of furan rings is 1. The van der Waals surface area contributed by atoms with Crippen molar-refractivity contribution in [3.8, 4) is 11.3 Å². The number of hydrogen-bond acceptors (Lipinski definition) is 5. The van der Waals surface area contributed by atoms with E-state index in [1.165, 1.54) is 16.9 Å². The molecule has 2 heterocycles. The molecule has 2 aromatic heterocycles. The Morgan fingerprint density at radius 2 is 2.03 bits per heavy atom. The van der Waals surface area contributed by atoms with Crippen LogP contribution in [0.2, 0.25) is 10.0 Å². The largest absolute Gasteiger partial charge is 0.451 e. The lowest BCUT2D eigenvalue weighted by Crippen LogP contribution is -2.33. The van der Waals surface area contributed by atoms with Crippen molar-refractivity contribution < 1.29 is 9.21 Å². The van der Waals surface area contributed by atoms with Crippen LogP contribution in [-0.4, -0.2) is 16.0 Å². The van der Waals surface area contributed by atoms with Crippen LogP contribution in [0.4, 0.5) is 5.13 Å². The molecular weight excluding hydrogens is 485 g/mol. The first-order valence-corrected chi connectivity index (χ1v) is 12.0. The number of halogens is 2. The number of unbranched alkanes of at least 4 members (excludes halogenated alkanes) is 1. The second kappa shape index (κ2) is 10.0. The van der Waals surface area contributed by atoms with Crippen molar-refractivity contribution in [1.29, 1.82) is 0 Å². The number of amides is 1. The second-order valence-electron chi connectivity index (χ2n) is 7.10. The second-order valence-corrected chi connectivity index (χ2v) is 9.32. The van der Waals surface area contributed by atoms with Gasteiger partial charge < -0.3 is 9.73 Å². The standard InChI is InChI=1S/C23H19Cl2N3O2S2/c1-2-3-5-13-8-9-16-19(12-13)32-23(26-16)28-22(31)27-21(29)18-11-10-17(30-18)14-6-4-7-15(24)20(14)25/h4,6-12H,2-3,5H2,1H3,(H2,26,27,28,29,31). The number of aryl methyl sites for hydroxylation is 1. The molecule has 4 rings (SSSR count). The third kappa shape index (κ3) is 5.13. The first kappa shape index (κ1) is 22.7. The molecule has 0 fully saturated rings. The van der Waals surface area contributed by atoms with Crippen LogP contribution in [0.3, 0.4) is 0 Å². The fourth-order valence-electron chi connectivity index (χ4n) is 3.15. The highest BCUT2D eigenvalue weighted by Crippen LogP contribution is 2.34. The summed E-state index contributed by atoms with van der Waals surface area (Å²) in [7, 11) is 0. The topological polar surface area (TPSA) is 67.2 Å². The first-order valence-electron chi connectivity index (χ1n) is 10.0. The van der Waals surface area contributed by atoms with Gasteiger partial charge in [0.25, 0.3) is 5.91 Å². The maximum atomic E-state index is 12.6. The summed E-state index contributed by atoms with van der Waals surface area (Å²) in [6.45, 7) is 2.18. The van der Waals surface area contributed by atoms with Gasteiger partial charge in [0, 0.05) is 5.56 Å². The van der Waals surface area contributed by atoms with Crippen molar-refractivity contribution >= 4 is 73.1 Å². The van der Waals surface area contributed by atoms with Crippen LogP contribution >= 0.6 is 46.8 Å². The molecule has 32 heavy (non-hydrogen) atoms. The molecule has 0 unspecified atom stereocenters. The molecule has 2 N–H and O–H groups in total. The van der Waals surface area contributed by atoms with Gasteiger partial charge in [0.15, 0.2) is 16.0 Å². The van der Waals surface area contributed by atoms with E-state index >= 15 is 0 Å². The number of nitrogens with zero attached hydrogens (tertiary/aromatic N) is 1. The van der Waals surface area contributed by atoms with E-state index in [9.17, 15) is 4.79 Å². The lowest BCUT2D eigenvalue weighted by atomic mass is 10.1. The van der Waals surface area contributed by atoms with Crippen LogP contribution in [0.25, 0.3) is 21.5 Å². The molecule has 1 amide bonds. The molecule has 0 aliphatic rings. The highest BCUT2D eigenvalue weighted by molar-refractivity contribution is 7.80. The highest BCUT2D eigenvalue weighted by atomic mass is 35.5. The molecule has 0 saturated heterocycles. The molecule has 0 spiro atoms. The van der Waals surface area contributed by atoms with Crippen LogP contribution in [-0.2, 0) is 6.42 Å². The summed E-state index contributed by atoms with van der Waals surface area (Å²) in [5.74, 6) is 0.0616. The Kier molecular flexibility index (Phi) is 7.10. The molecule has 0 bridgehead atoms. The van der Waals surface area contributed by atoms with Gasteiger partial charge in [0.05, 0.1) is 20.3 Å². The third-order valence-corrected chi connectivity index (χ3v) is 6.72. The molecule has 0 saturated carbocycles. The van der Waals surface area contributed by atoms with Crippen molar-refractivity contribution in [1.82, 2.24) is 10.3 Å². The number of benzene rings is 2. The average Bonchev–Trinajstić information content (AvgIpc) is 3.40. The Morgan fingerprint density at radius 3 is 2.84 bits per heavy atom. The lowest BCUT2D eigenvalue weighted by Gasteiger charge is -2.05. The molecule has 164 valence electrons. The molecular formula is C23H19Cl2N3O2S2. The predicted octanol–water partition coefficient (Wildman–Crippen LogP) is 7.33. The van der Waals surface area contributed by atoms with Gasteiger partial charge in [-0.05, 0) is 67.0 Å². The number of rotatable bonds is 6. The van der Waals surface area contributed by atoms with Crippen molar-refractivity contribution in [2.45, 2.75) is 26.2 Å². The minimum atomic E-state index is -0.477. The first-order chi connectivity index (χ1) is 15.4. The minimum absolute atomic E-state index is 0.102. The SMILES string of the molecule is CCCCc1ccc2nc(NC(=S)NC(=O)c3ccc(-c4cccc(Cl)c4Cl)o3)sc2c1. The van der Waals surface area contributed by atoms with Crippen LogP contribution in [0.15, 0.2) is 52.9 Å². The molecule has 0 atom stereocenters. The Labute approximate surface area is 204 Å². The van der Waals surface area contributed by atoms with Gasteiger partial charge in [-0.1, -0.05) is 60.0 Å². The molecule has 9 heteroatoms. The van der Waals surface area contributed by atoms with Gasteiger partial charge >= 0.3 is 0 Å². The third-order valence-electron chi connectivity index (χ3n) is 4.77. The Hall–Kier alpha value is -2.45. The van der Waals surface area contributed by atoms with E-state index in [-0.39, 0.29) is 10.9 Å². The Balaban J connectivity index is 1.41. The fourth-order valence-corrected chi connectivity index (χ4v) is 4.73. The van der Waals surface area contributed by atoms with Gasteiger partial charge in [-0.25, -0.2) is 4.98 Å². The van der Waals surface area contributed by atoms with Crippen LogP contribution in [0, 0.1) is 0 Å². The van der Waals surface area contributed by atoms with E-state index in [0.29, 0.717) is 26.5 Å². The highest BCUT2D eigenvalue weighted by Gasteiger charge is 2.16. The zero-order valence-electron chi connectivity index (χ0n) is 17.1. The summed E-state index contributed by atoms with van der Waals surface area (Å²) in [6, 6.07) is 14.7. The number of carbonyl (C=O) groups excluding carboxylic acids is 1. The average molecular weight is 504 g/mol. The monoisotopic (exact) mass is 503 g/mol. The van der Waals surface area contributed by atoms with E-state index in [1.54, 1.807) is 30.3 Å².